The van der Waals surface area contributed by atoms with Gasteiger partial charge in [-0.1, -0.05) is 24.3 Å². The second-order valence-electron chi connectivity index (χ2n) is 23.6. The van der Waals surface area contributed by atoms with Gasteiger partial charge < -0.3 is 61.6 Å². The SMILES string of the molecule is COC(=O)[C@@]12O[C@@](C(=O)OC)([C@H]3[C@H]4C[C@H]([C@H]5C(=O)[C@H]6[C@@H]7C[C@H]([C@H]6C(=O)[C@@H]45)[C@@H]4[C@H]7[C@]5(C(=O)OC)O[C@@]4(C(=O)OC)[C@@H]4[C@H]5[C@@H]5O[C@H]4c4cc6c(cc45)OCCOCCOCCOCCO6)[C@H]31)[C@H]1[C@@H]2[C@H]2O[C@@H]1c1ccccc12. The number of hydrogen-bond donors (Lipinski definition) is 0. The van der Waals surface area contributed by atoms with E-state index in [1.54, 1.807) is 0 Å². The standard InChI is InChI=1S/C56H58O19/c1-63-49(59)53-35-25-17-26(36(35)54(74-53,50(60)64-2)40-39(53)45-21-7-5-6-8-22(21)46(40)72-45)32-31(25)43(57)33-27-18-28(34(33)44(32)58)38-37(27)55(51(61)65-3)41-42(56(38,75-55)52(62)66-4)48-24-20-30-29(19-23(24)47(41)73-48)70-15-13-68-11-9-67-10-12-69-14-16-71-30/h5-8,19-20,25-28,31-42,45-48H,9-18H2,1-4H3/t25-,26+,27+,28-,31-,32+,33+,34-,35-,36+,37+,38-,39-,40+,41+,42-,45+,46-,47-,48+,53-,54+,55+,56-. The van der Waals surface area contributed by atoms with Gasteiger partial charge in [0, 0.05) is 71.0 Å². The van der Waals surface area contributed by atoms with Crippen molar-refractivity contribution in [1.29, 1.82) is 0 Å². The molecule has 19 heteroatoms. The lowest BCUT2D eigenvalue weighted by Crippen LogP contribution is -2.67. The Labute approximate surface area is 430 Å². The number of Topliss-reactive ketones (excluding diaryl/α,β-unsaturated/α-hetero) is 2. The molecule has 0 aromatic heterocycles. The Morgan fingerprint density at radius 3 is 1.03 bits per heavy atom. The molecule has 12 bridgehead atoms. The van der Waals surface area contributed by atoms with Gasteiger partial charge in [0.05, 0.1) is 92.5 Å². The minimum Gasteiger partial charge on any atom is -0.487 e. The van der Waals surface area contributed by atoms with Gasteiger partial charge in [-0.2, -0.15) is 0 Å². The van der Waals surface area contributed by atoms with Gasteiger partial charge in [0.25, 0.3) is 0 Å². The van der Waals surface area contributed by atoms with Crippen molar-refractivity contribution >= 4 is 35.4 Å². The van der Waals surface area contributed by atoms with Crippen LogP contribution in [0.5, 0.6) is 11.5 Å². The summed E-state index contributed by atoms with van der Waals surface area (Å²) in [6.45, 7) is 2.64. The molecule has 2 aromatic carbocycles. The summed E-state index contributed by atoms with van der Waals surface area (Å²) in [5, 5.41) is 0. The van der Waals surface area contributed by atoms with Crippen LogP contribution >= 0.6 is 0 Å². The highest BCUT2D eigenvalue weighted by molar-refractivity contribution is 6.03. The molecular formula is C56H58O19. The molecule has 2 aromatic rings. The maximum Gasteiger partial charge on any atom is 0.338 e. The minimum atomic E-state index is -1.76. The molecule has 5 saturated carbocycles. The zero-order chi connectivity index (χ0) is 51.0. The van der Waals surface area contributed by atoms with Gasteiger partial charge in [-0.15, -0.1) is 0 Å². The monoisotopic (exact) mass is 1030 g/mol. The Kier molecular flexibility index (Phi) is 9.45. The van der Waals surface area contributed by atoms with E-state index >= 15 is 19.2 Å². The quantitative estimate of drug-likeness (QED) is 0.317. The first-order chi connectivity index (χ1) is 36.5. The van der Waals surface area contributed by atoms with Crippen LogP contribution in [0.2, 0.25) is 0 Å². The molecule has 11 fully saturated rings. The van der Waals surface area contributed by atoms with E-state index in [9.17, 15) is 9.59 Å². The lowest BCUT2D eigenvalue weighted by molar-refractivity contribution is -0.193. The summed E-state index contributed by atoms with van der Waals surface area (Å²) < 4.78 is 80.7. The number of rotatable bonds is 4. The molecule has 0 spiro atoms. The lowest BCUT2D eigenvalue weighted by atomic mass is 9.43. The fraction of sp³-hybridized carbons (Fsp3) is 0.679. The number of ether oxygens (including phenoxy) is 13. The predicted octanol–water partition coefficient (Wildman–Crippen LogP) is 3.04. The fourth-order valence-corrected chi connectivity index (χ4v) is 20.8. The van der Waals surface area contributed by atoms with E-state index < -0.39 is 165 Å². The first-order valence-corrected chi connectivity index (χ1v) is 26.9. The average molecular weight is 1040 g/mol. The van der Waals surface area contributed by atoms with Crippen LogP contribution in [0.4, 0.5) is 0 Å². The van der Waals surface area contributed by atoms with Crippen molar-refractivity contribution in [1.82, 2.24) is 0 Å². The normalized spacial score (nSPS) is 49.7. The second kappa shape index (κ2) is 15.4. The summed E-state index contributed by atoms with van der Waals surface area (Å²) in [5.74, 6) is -12.6. The molecule has 0 amide bonds. The van der Waals surface area contributed by atoms with Crippen LogP contribution in [-0.2, 0) is 80.9 Å². The van der Waals surface area contributed by atoms with E-state index in [2.05, 4.69) is 0 Å². The third kappa shape index (κ3) is 4.95. The zero-order valence-corrected chi connectivity index (χ0v) is 41.8. The summed E-state index contributed by atoms with van der Waals surface area (Å²) in [7, 11) is 5.24. The topological polar surface area (TPSA) is 222 Å². The fourth-order valence-electron chi connectivity index (χ4n) is 20.8. The summed E-state index contributed by atoms with van der Waals surface area (Å²) in [6.07, 6.45) is -1.81. The first kappa shape index (κ1) is 46.1. The van der Waals surface area contributed by atoms with Gasteiger partial charge in [0.2, 0.25) is 0 Å². The number of ketones is 2. The minimum absolute atomic E-state index is 0.0821. The molecule has 9 aliphatic heterocycles. The van der Waals surface area contributed by atoms with Crippen molar-refractivity contribution in [3.8, 4) is 11.5 Å². The van der Waals surface area contributed by atoms with Crippen LogP contribution in [0.1, 0.15) is 59.5 Å². The van der Waals surface area contributed by atoms with Crippen molar-refractivity contribution in [3.05, 3.63) is 58.7 Å². The Morgan fingerprint density at radius 2 is 0.720 bits per heavy atom. The summed E-state index contributed by atoms with van der Waals surface area (Å²) in [5.41, 5.74) is -3.46. The van der Waals surface area contributed by atoms with Crippen molar-refractivity contribution in [3.63, 3.8) is 0 Å². The highest BCUT2D eigenvalue weighted by atomic mass is 16.6. The van der Waals surface area contributed by atoms with Crippen molar-refractivity contribution < 1.29 is 90.3 Å². The molecule has 16 rings (SSSR count). The summed E-state index contributed by atoms with van der Waals surface area (Å²) in [4.78, 5) is 91.8. The number of fused-ring (bicyclic) bond motifs is 45. The molecule has 19 nitrogen and oxygen atoms in total. The lowest BCUT2D eigenvalue weighted by Gasteiger charge is -2.55. The number of methoxy groups -OCH3 is 4. The number of benzene rings is 2. The van der Waals surface area contributed by atoms with E-state index in [4.69, 9.17) is 61.6 Å². The van der Waals surface area contributed by atoms with Crippen LogP contribution in [0.3, 0.4) is 0 Å². The Morgan fingerprint density at radius 1 is 0.427 bits per heavy atom. The molecule has 0 unspecified atom stereocenters. The molecule has 14 aliphatic rings. The second-order valence-corrected chi connectivity index (χ2v) is 23.6. The van der Waals surface area contributed by atoms with Crippen molar-refractivity contribution in [2.45, 2.75) is 59.7 Å². The van der Waals surface area contributed by atoms with Crippen LogP contribution in [0, 0.1) is 94.7 Å². The van der Waals surface area contributed by atoms with Crippen LogP contribution in [0.15, 0.2) is 36.4 Å². The summed E-state index contributed by atoms with van der Waals surface area (Å²) >= 11 is 0. The summed E-state index contributed by atoms with van der Waals surface area (Å²) in [6, 6.07) is 11.6. The molecule has 24 atom stereocenters. The molecule has 5 aliphatic carbocycles. The van der Waals surface area contributed by atoms with Crippen molar-refractivity contribution in [2.24, 2.45) is 94.7 Å². The third-order valence-electron chi connectivity index (χ3n) is 22.0. The van der Waals surface area contributed by atoms with E-state index in [1.165, 1.54) is 28.4 Å². The average Bonchev–Trinajstić information content (AvgIpc) is 3.40. The van der Waals surface area contributed by atoms with Gasteiger partial charge in [0.15, 0.2) is 33.9 Å². The van der Waals surface area contributed by atoms with Gasteiger partial charge in [-0.05, 0) is 70.9 Å². The number of carbonyl (C=O) groups excluding carboxylic acids is 6. The Balaban J connectivity index is 0.790. The molecule has 0 radical (unpaired) electrons. The van der Waals surface area contributed by atoms with Gasteiger partial charge in [0.1, 0.15) is 24.8 Å². The van der Waals surface area contributed by atoms with E-state index in [1.807, 2.05) is 36.4 Å². The van der Waals surface area contributed by atoms with E-state index in [0.29, 0.717) is 64.0 Å². The smallest absolute Gasteiger partial charge is 0.338 e. The van der Waals surface area contributed by atoms with E-state index in [0.717, 1.165) is 22.3 Å². The molecule has 6 saturated heterocycles. The van der Waals surface area contributed by atoms with Gasteiger partial charge in [-0.3, -0.25) is 9.59 Å². The molecule has 396 valence electrons. The molecule has 75 heavy (non-hydrogen) atoms. The zero-order valence-electron chi connectivity index (χ0n) is 41.8. The highest BCUT2D eigenvalue weighted by Gasteiger charge is 2.95. The van der Waals surface area contributed by atoms with E-state index in [-0.39, 0.29) is 24.8 Å². The highest BCUT2D eigenvalue weighted by Crippen LogP contribution is 2.86. The maximum absolute atomic E-state index is 16.0. The third-order valence-corrected chi connectivity index (χ3v) is 22.0. The van der Waals surface area contributed by atoms with Crippen LogP contribution in [-0.4, -0.2) is 139 Å². The predicted molar refractivity (Wildman–Crippen MR) is 246 cm³/mol. The molecular weight excluding hydrogens is 977 g/mol. The van der Waals surface area contributed by atoms with Crippen LogP contribution < -0.4 is 9.47 Å². The number of carbonyl (C=O) groups is 6. The number of esters is 4. The first-order valence-electron chi connectivity index (χ1n) is 26.9. The largest absolute Gasteiger partial charge is 0.487 e. The number of hydrogen-bond acceptors (Lipinski definition) is 19. The molecule has 0 N–H and O–H groups in total. The Bertz CT molecular complexity index is 2740. The van der Waals surface area contributed by atoms with Crippen molar-refractivity contribution in [2.75, 3.05) is 81.3 Å². The van der Waals surface area contributed by atoms with Gasteiger partial charge in [-0.25, -0.2) is 19.2 Å². The van der Waals surface area contributed by atoms with Crippen LogP contribution in [0.25, 0.3) is 0 Å². The van der Waals surface area contributed by atoms with Gasteiger partial charge >= 0.3 is 23.9 Å². The Hall–Kier alpha value is -5.02. The maximum atomic E-state index is 16.0. The molecule has 9 heterocycles.